The fraction of sp³-hybridized carbons (Fsp3) is 0.217. The monoisotopic (exact) mass is 495 g/mol. The number of aryl methyl sites for hydroxylation is 1. The van der Waals surface area contributed by atoms with Crippen LogP contribution in [0, 0.1) is 12.7 Å². The molecule has 0 saturated heterocycles. The Balaban J connectivity index is 1.90. The molecule has 34 heavy (non-hydrogen) atoms. The van der Waals surface area contributed by atoms with Gasteiger partial charge in [-0.3, -0.25) is 4.79 Å². The Hall–Kier alpha value is -3.53. The van der Waals surface area contributed by atoms with Gasteiger partial charge in [-0.15, -0.1) is 0 Å². The highest BCUT2D eigenvalue weighted by Crippen LogP contribution is 2.40. The van der Waals surface area contributed by atoms with Crippen molar-refractivity contribution in [2.45, 2.75) is 26.1 Å². The Morgan fingerprint density at radius 1 is 1.15 bits per heavy atom. The fourth-order valence-electron chi connectivity index (χ4n) is 3.94. The highest BCUT2D eigenvalue weighted by atomic mass is 35.5. The van der Waals surface area contributed by atoms with E-state index in [4.69, 9.17) is 16.3 Å². The van der Waals surface area contributed by atoms with Crippen LogP contribution in [-0.4, -0.2) is 25.4 Å². The van der Waals surface area contributed by atoms with Crippen molar-refractivity contribution in [3.05, 3.63) is 75.8 Å². The first-order chi connectivity index (χ1) is 16.0. The molecular formula is C23H18ClF4N3O3. The van der Waals surface area contributed by atoms with E-state index in [1.165, 1.54) is 54.1 Å². The van der Waals surface area contributed by atoms with Crippen molar-refractivity contribution in [3.63, 3.8) is 0 Å². The van der Waals surface area contributed by atoms with Gasteiger partial charge < -0.3 is 14.4 Å². The van der Waals surface area contributed by atoms with Gasteiger partial charge in [0.2, 0.25) is 5.88 Å². The van der Waals surface area contributed by atoms with E-state index in [0.29, 0.717) is 27.2 Å². The van der Waals surface area contributed by atoms with E-state index in [1.54, 1.807) is 6.92 Å². The molecule has 0 aliphatic rings. The van der Waals surface area contributed by atoms with Crippen molar-refractivity contribution in [2.24, 2.45) is 7.05 Å². The van der Waals surface area contributed by atoms with Crippen LogP contribution >= 0.6 is 11.6 Å². The number of aliphatic carboxylic acids is 1. The molecule has 11 heteroatoms. The van der Waals surface area contributed by atoms with E-state index >= 15 is 0 Å². The van der Waals surface area contributed by atoms with Gasteiger partial charge in [0, 0.05) is 35.1 Å². The third-order valence-electron chi connectivity index (χ3n) is 5.45. The van der Waals surface area contributed by atoms with E-state index in [2.05, 4.69) is 5.10 Å². The third kappa shape index (κ3) is 4.45. The maximum Gasteiger partial charge on any atom is 0.435 e. The molecule has 2 heterocycles. The largest absolute Gasteiger partial charge is 0.480 e. The average Bonchev–Trinajstić information content (AvgIpc) is 3.19. The first-order valence-electron chi connectivity index (χ1n) is 10.0. The number of halogens is 5. The van der Waals surface area contributed by atoms with Crippen molar-refractivity contribution in [2.75, 3.05) is 0 Å². The molecule has 2 aromatic carbocycles. The Labute approximate surface area is 195 Å². The second kappa shape index (κ2) is 8.68. The van der Waals surface area contributed by atoms with Crippen LogP contribution < -0.4 is 4.74 Å². The van der Waals surface area contributed by atoms with Crippen LogP contribution in [0.1, 0.15) is 22.5 Å². The summed E-state index contributed by atoms with van der Waals surface area (Å²) in [7, 11) is 1.32. The Morgan fingerprint density at radius 2 is 1.82 bits per heavy atom. The van der Waals surface area contributed by atoms with E-state index < -0.39 is 30.2 Å². The van der Waals surface area contributed by atoms with Crippen molar-refractivity contribution in [1.82, 2.24) is 14.3 Å². The zero-order chi connectivity index (χ0) is 24.8. The standard InChI is InChI=1S/C23H18ClF4N3O3/c1-12-16(17-9-14(25)5-8-19(17)31(12)11-20(32)33)10-18-21(23(26,27)28)29-30(2)22(18)34-15-6-3-13(24)4-7-15/h3-9H,10-11H2,1-2H3,(H,32,33). The molecule has 0 atom stereocenters. The van der Waals surface area contributed by atoms with Crippen molar-refractivity contribution in [3.8, 4) is 11.6 Å². The van der Waals surface area contributed by atoms with Gasteiger partial charge in [0.15, 0.2) is 5.69 Å². The zero-order valence-electron chi connectivity index (χ0n) is 18.0. The smallest absolute Gasteiger partial charge is 0.435 e. The topological polar surface area (TPSA) is 69.3 Å². The number of ether oxygens (including phenoxy) is 1. The lowest BCUT2D eigenvalue weighted by Crippen LogP contribution is -2.11. The van der Waals surface area contributed by atoms with E-state index in [9.17, 15) is 27.5 Å². The summed E-state index contributed by atoms with van der Waals surface area (Å²) in [5, 5.41) is 13.7. The van der Waals surface area contributed by atoms with Gasteiger partial charge in [-0.05, 0) is 55.0 Å². The van der Waals surface area contributed by atoms with E-state index in [-0.39, 0.29) is 23.6 Å². The second-order valence-corrected chi connectivity index (χ2v) is 8.13. The number of nitrogens with zero attached hydrogens (tertiary/aromatic N) is 3. The molecule has 0 saturated carbocycles. The molecule has 4 aromatic rings. The van der Waals surface area contributed by atoms with Crippen LogP contribution in [0.5, 0.6) is 11.6 Å². The lowest BCUT2D eigenvalue weighted by Gasteiger charge is -2.11. The predicted octanol–water partition coefficient (Wildman–Crippen LogP) is 5.96. The van der Waals surface area contributed by atoms with E-state index in [1.807, 2.05) is 0 Å². The van der Waals surface area contributed by atoms with Crippen molar-refractivity contribution in [1.29, 1.82) is 0 Å². The number of hydrogen-bond acceptors (Lipinski definition) is 3. The summed E-state index contributed by atoms with van der Waals surface area (Å²) in [5.41, 5.74) is -0.262. The van der Waals surface area contributed by atoms with Crippen LogP contribution in [0.25, 0.3) is 10.9 Å². The number of carboxylic acids is 1. The SMILES string of the molecule is Cc1c(Cc2c(C(F)(F)F)nn(C)c2Oc2ccc(Cl)cc2)c2cc(F)ccc2n1CC(=O)O. The summed E-state index contributed by atoms with van der Waals surface area (Å²) < 4.78 is 63.9. The van der Waals surface area contributed by atoms with Gasteiger partial charge in [-0.2, -0.15) is 18.3 Å². The minimum Gasteiger partial charge on any atom is -0.480 e. The van der Waals surface area contributed by atoms with Gasteiger partial charge in [-0.1, -0.05) is 11.6 Å². The normalized spacial score (nSPS) is 11.9. The van der Waals surface area contributed by atoms with Crippen LogP contribution in [0.3, 0.4) is 0 Å². The van der Waals surface area contributed by atoms with Gasteiger partial charge in [0.05, 0.1) is 5.56 Å². The number of hydrogen-bond donors (Lipinski definition) is 1. The molecule has 0 spiro atoms. The minimum atomic E-state index is -4.78. The predicted molar refractivity (Wildman–Crippen MR) is 117 cm³/mol. The molecule has 0 bridgehead atoms. The van der Waals surface area contributed by atoms with Crippen LogP contribution in [0.2, 0.25) is 5.02 Å². The van der Waals surface area contributed by atoms with Crippen LogP contribution in [0.15, 0.2) is 42.5 Å². The van der Waals surface area contributed by atoms with Crippen LogP contribution in [0.4, 0.5) is 17.6 Å². The fourth-order valence-corrected chi connectivity index (χ4v) is 4.07. The zero-order valence-corrected chi connectivity index (χ0v) is 18.7. The Morgan fingerprint density at radius 3 is 2.44 bits per heavy atom. The number of aromatic nitrogens is 3. The summed E-state index contributed by atoms with van der Waals surface area (Å²) in [6, 6.07) is 9.83. The number of fused-ring (bicyclic) bond motifs is 1. The molecule has 0 aliphatic heterocycles. The minimum absolute atomic E-state index is 0.149. The van der Waals surface area contributed by atoms with Crippen molar-refractivity contribution >= 4 is 28.5 Å². The number of carboxylic acid groups (broad SMARTS) is 1. The van der Waals surface area contributed by atoms with Gasteiger partial charge >= 0.3 is 12.1 Å². The summed E-state index contributed by atoms with van der Waals surface area (Å²) >= 11 is 5.88. The number of carbonyl (C=O) groups is 1. The molecule has 178 valence electrons. The molecule has 0 amide bonds. The molecule has 0 aliphatic carbocycles. The lowest BCUT2D eigenvalue weighted by molar-refractivity contribution is -0.142. The van der Waals surface area contributed by atoms with E-state index in [0.717, 1.165) is 4.68 Å². The van der Waals surface area contributed by atoms with Gasteiger partial charge in [0.25, 0.3) is 0 Å². The summed E-state index contributed by atoms with van der Waals surface area (Å²) in [5.74, 6) is -1.64. The van der Waals surface area contributed by atoms with Gasteiger partial charge in [-0.25, -0.2) is 9.07 Å². The lowest BCUT2D eigenvalue weighted by atomic mass is 10.0. The molecule has 2 aromatic heterocycles. The highest BCUT2D eigenvalue weighted by molar-refractivity contribution is 6.30. The molecule has 1 N–H and O–H groups in total. The maximum absolute atomic E-state index is 14.1. The maximum atomic E-state index is 14.1. The molecule has 0 radical (unpaired) electrons. The third-order valence-corrected chi connectivity index (χ3v) is 5.70. The van der Waals surface area contributed by atoms with Crippen molar-refractivity contribution < 1.29 is 32.2 Å². The summed E-state index contributed by atoms with van der Waals surface area (Å²) in [6.07, 6.45) is -5.10. The quantitative estimate of drug-likeness (QED) is 0.335. The summed E-state index contributed by atoms with van der Waals surface area (Å²) in [4.78, 5) is 11.4. The summed E-state index contributed by atoms with van der Waals surface area (Å²) in [6.45, 7) is 1.15. The average molecular weight is 496 g/mol. The van der Waals surface area contributed by atoms with Crippen LogP contribution in [-0.2, 0) is 31.0 Å². The number of benzene rings is 2. The number of alkyl halides is 3. The first kappa shape index (κ1) is 23.6. The molecular weight excluding hydrogens is 478 g/mol. The second-order valence-electron chi connectivity index (χ2n) is 7.69. The highest BCUT2D eigenvalue weighted by Gasteiger charge is 2.40. The first-order valence-corrected chi connectivity index (χ1v) is 10.4. The number of rotatable bonds is 6. The Kier molecular flexibility index (Phi) is 6.03. The Bertz CT molecular complexity index is 1390. The molecule has 0 fully saturated rings. The molecule has 6 nitrogen and oxygen atoms in total. The molecule has 4 rings (SSSR count). The molecule has 0 unspecified atom stereocenters. The van der Waals surface area contributed by atoms with Gasteiger partial charge in [0.1, 0.15) is 18.1 Å².